The number of aliphatic carboxylic acids is 1. The molecule has 0 aromatic rings. The van der Waals surface area contributed by atoms with Gasteiger partial charge in [-0.1, -0.05) is 6.92 Å². The van der Waals surface area contributed by atoms with Gasteiger partial charge in [-0.15, -0.1) is 0 Å². The largest absolute Gasteiger partial charge is 4.00 e. The number of rotatable bonds is 4. The zero-order valence-corrected chi connectivity index (χ0v) is 9.47. The van der Waals surface area contributed by atoms with Crippen LogP contribution >= 0.6 is 0 Å². The van der Waals surface area contributed by atoms with Gasteiger partial charge in [0.15, 0.2) is 0 Å². The van der Waals surface area contributed by atoms with Gasteiger partial charge in [0.2, 0.25) is 0 Å². The van der Waals surface area contributed by atoms with Crippen molar-refractivity contribution in [2.75, 3.05) is 0 Å². The van der Waals surface area contributed by atoms with E-state index in [1.165, 1.54) is 0 Å². The van der Waals surface area contributed by atoms with Crippen molar-refractivity contribution in [2.45, 2.75) is 26.2 Å². The molecule has 0 N–H and O–H groups in total. The first-order chi connectivity index (χ1) is 4.16. The molecule has 0 amide bonds. The molecule has 5 heteroatoms. The van der Waals surface area contributed by atoms with Crippen molar-refractivity contribution in [1.29, 1.82) is 0 Å². The fourth-order valence-corrected chi connectivity index (χ4v) is 0.528. The van der Waals surface area contributed by atoms with Crippen LogP contribution in [0.2, 0.25) is 0 Å². The molecule has 0 fully saturated rings. The molecule has 0 aromatic carbocycles. The Morgan fingerprint density at radius 1 is 1.27 bits per heavy atom. The van der Waals surface area contributed by atoms with Crippen LogP contribution in [0.5, 0.6) is 0 Å². The van der Waals surface area contributed by atoms with Crippen molar-refractivity contribution in [3.8, 4) is 0 Å². The molecule has 0 aliphatic rings. The molecule has 3 nitrogen and oxygen atoms in total. The van der Waals surface area contributed by atoms with Gasteiger partial charge in [-0.3, -0.25) is 4.79 Å². The SMILES string of the molecule is CCCC(=O)CC(=O)[O-].[Ti+4].[Ti+4]. The molecule has 0 saturated carbocycles. The van der Waals surface area contributed by atoms with Gasteiger partial charge in [-0.05, 0) is 6.42 Å². The van der Waals surface area contributed by atoms with Crippen molar-refractivity contribution >= 4 is 11.8 Å². The van der Waals surface area contributed by atoms with E-state index in [0.717, 1.165) is 0 Å². The third-order valence-corrected chi connectivity index (χ3v) is 0.870. The summed E-state index contributed by atoms with van der Waals surface area (Å²) < 4.78 is 0. The maximum atomic E-state index is 10.4. The van der Waals surface area contributed by atoms with Gasteiger partial charge in [0.1, 0.15) is 5.78 Å². The quantitative estimate of drug-likeness (QED) is 0.478. The Balaban J connectivity index is -0.000000320. The molecular weight excluding hydrogens is 216 g/mol. The van der Waals surface area contributed by atoms with Crippen LogP contribution in [0.3, 0.4) is 0 Å². The molecule has 0 aromatic heterocycles. The number of ketones is 1. The molecule has 0 bridgehead atoms. The molecular formula is C6H9O3Ti2+7. The second-order valence-corrected chi connectivity index (χ2v) is 1.84. The van der Waals surface area contributed by atoms with Crippen LogP contribution in [0.25, 0.3) is 0 Å². The van der Waals surface area contributed by atoms with Crippen molar-refractivity contribution in [2.24, 2.45) is 0 Å². The van der Waals surface area contributed by atoms with E-state index in [9.17, 15) is 14.7 Å². The molecule has 0 aliphatic carbocycles. The maximum Gasteiger partial charge on any atom is 4.00 e. The van der Waals surface area contributed by atoms with E-state index in [1.807, 2.05) is 6.92 Å². The third kappa shape index (κ3) is 13.5. The van der Waals surface area contributed by atoms with Gasteiger partial charge < -0.3 is 9.90 Å². The number of hydrogen-bond acceptors (Lipinski definition) is 3. The standard InChI is InChI=1S/C6H10O3.2Ti/c1-2-3-5(7)4-6(8)9;;/h2-4H2,1H3,(H,8,9);;/q;2*+4/p-1. The van der Waals surface area contributed by atoms with Crippen LogP contribution in [0.4, 0.5) is 0 Å². The number of Topliss-reactive ketones (excluding diaryl/α,β-unsaturated/α-hetero) is 1. The maximum absolute atomic E-state index is 10.4. The number of carbonyl (C=O) groups is 2. The summed E-state index contributed by atoms with van der Waals surface area (Å²) >= 11 is 0. The van der Waals surface area contributed by atoms with Crippen LogP contribution in [-0.2, 0) is 53.0 Å². The first-order valence-electron chi connectivity index (χ1n) is 2.88. The van der Waals surface area contributed by atoms with E-state index in [-0.39, 0.29) is 49.2 Å². The molecule has 0 saturated heterocycles. The zero-order chi connectivity index (χ0) is 7.28. The van der Waals surface area contributed by atoms with Gasteiger partial charge in [-0.2, -0.15) is 0 Å². The second-order valence-electron chi connectivity index (χ2n) is 1.84. The fraction of sp³-hybridized carbons (Fsp3) is 0.667. The monoisotopic (exact) mass is 225 g/mol. The van der Waals surface area contributed by atoms with E-state index in [2.05, 4.69) is 0 Å². The summed E-state index contributed by atoms with van der Waals surface area (Å²) in [6.07, 6.45) is 0.605. The Morgan fingerprint density at radius 2 is 1.73 bits per heavy atom. The van der Waals surface area contributed by atoms with Crippen LogP contribution in [0, 0.1) is 0 Å². The van der Waals surface area contributed by atoms with Crippen LogP contribution in [0.15, 0.2) is 0 Å². The van der Waals surface area contributed by atoms with E-state index < -0.39 is 12.4 Å². The molecule has 0 rings (SSSR count). The minimum atomic E-state index is -1.28. The minimum Gasteiger partial charge on any atom is -0.550 e. The van der Waals surface area contributed by atoms with Crippen LogP contribution in [0.1, 0.15) is 26.2 Å². The first-order valence-corrected chi connectivity index (χ1v) is 2.88. The number of carboxylic acid groups (broad SMARTS) is 1. The fourth-order valence-electron chi connectivity index (χ4n) is 0.528. The Kier molecular flexibility index (Phi) is 16.9. The first kappa shape index (κ1) is 17.6. The summed E-state index contributed by atoms with van der Waals surface area (Å²) in [7, 11) is 0. The minimum absolute atomic E-state index is 0. The van der Waals surface area contributed by atoms with Gasteiger partial charge in [0.25, 0.3) is 0 Å². The van der Waals surface area contributed by atoms with E-state index >= 15 is 0 Å². The van der Waals surface area contributed by atoms with Crippen LogP contribution in [-0.4, -0.2) is 11.8 Å². The Hall–Kier alpha value is 0.569. The summed E-state index contributed by atoms with van der Waals surface area (Å²) in [5.74, 6) is -1.54. The molecule has 0 spiro atoms. The summed E-state index contributed by atoms with van der Waals surface area (Å²) in [5, 5.41) is 9.75. The molecule has 0 heterocycles. The van der Waals surface area contributed by atoms with Crippen LogP contribution < -0.4 is 5.11 Å². The van der Waals surface area contributed by atoms with Gasteiger partial charge in [0, 0.05) is 18.8 Å². The Morgan fingerprint density at radius 3 is 2.00 bits per heavy atom. The predicted molar refractivity (Wildman–Crippen MR) is 29.5 cm³/mol. The van der Waals surface area contributed by atoms with Gasteiger partial charge in [-0.25, -0.2) is 0 Å². The van der Waals surface area contributed by atoms with Crippen molar-refractivity contribution in [3.05, 3.63) is 0 Å². The number of carbonyl (C=O) groups excluding carboxylic acids is 2. The van der Waals surface area contributed by atoms with Gasteiger partial charge in [0.05, 0.1) is 0 Å². The van der Waals surface area contributed by atoms with E-state index in [0.29, 0.717) is 12.8 Å². The van der Waals surface area contributed by atoms with Gasteiger partial charge >= 0.3 is 43.4 Å². The number of hydrogen-bond donors (Lipinski definition) is 0. The Labute approximate surface area is 95.7 Å². The molecule has 0 aliphatic heterocycles. The van der Waals surface area contributed by atoms with Crippen molar-refractivity contribution in [3.63, 3.8) is 0 Å². The smallest absolute Gasteiger partial charge is 0.550 e. The van der Waals surface area contributed by atoms with Crippen molar-refractivity contribution < 1.29 is 58.1 Å². The molecule has 0 unspecified atom stereocenters. The van der Waals surface area contributed by atoms with Crippen molar-refractivity contribution in [1.82, 2.24) is 0 Å². The average molecular weight is 225 g/mol. The summed E-state index contributed by atoms with van der Waals surface area (Å²) in [6.45, 7) is 1.83. The summed E-state index contributed by atoms with van der Waals surface area (Å²) in [4.78, 5) is 20.2. The Bertz CT molecular complexity index is 125. The third-order valence-electron chi connectivity index (χ3n) is 0.870. The normalized spacial score (nSPS) is 7.36. The molecule has 0 radical (unpaired) electrons. The summed E-state index contributed by atoms with van der Waals surface area (Å²) in [6, 6.07) is 0. The van der Waals surface area contributed by atoms with E-state index in [1.54, 1.807) is 0 Å². The van der Waals surface area contributed by atoms with E-state index in [4.69, 9.17) is 0 Å². The number of carboxylic acids is 1. The second kappa shape index (κ2) is 10.6. The summed E-state index contributed by atoms with van der Waals surface area (Å²) in [5.41, 5.74) is 0. The zero-order valence-electron chi connectivity index (χ0n) is 6.35. The molecule has 0 atom stereocenters. The predicted octanol–water partition coefficient (Wildman–Crippen LogP) is -0.509. The molecule has 11 heavy (non-hydrogen) atoms. The topological polar surface area (TPSA) is 57.2 Å². The molecule has 52 valence electrons. The average Bonchev–Trinajstić information content (AvgIpc) is 1.63.